The van der Waals surface area contributed by atoms with E-state index in [-0.39, 0.29) is 28.3 Å². The Kier molecular flexibility index (Phi) is 6.57. The molecule has 0 unspecified atom stereocenters. The standard InChI is InChI=1S/C18H16ClN5O3S2/c1-9-4-5-10(7-11(9)19)21-13(25)8-29-18-23-15(20)14(17(27)24-18)22-16(26)12-3-2-6-28-12/h2-7H,8H2,1H3,(H,21,25)(H,22,26)(H3,20,23,24,27). The average Bonchev–Trinajstić information content (AvgIpc) is 3.21. The van der Waals surface area contributed by atoms with Gasteiger partial charge in [-0.2, -0.15) is 0 Å². The number of aromatic amines is 1. The van der Waals surface area contributed by atoms with Gasteiger partial charge >= 0.3 is 0 Å². The number of nitrogens with one attached hydrogen (secondary N) is 3. The van der Waals surface area contributed by atoms with Crippen molar-refractivity contribution in [2.75, 3.05) is 22.1 Å². The summed E-state index contributed by atoms with van der Waals surface area (Å²) in [7, 11) is 0. The van der Waals surface area contributed by atoms with Crippen molar-refractivity contribution in [1.82, 2.24) is 9.97 Å². The lowest BCUT2D eigenvalue weighted by Gasteiger charge is -2.08. The molecule has 1 aromatic carbocycles. The molecule has 0 saturated carbocycles. The Balaban J connectivity index is 1.62. The molecule has 2 amide bonds. The van der Waals surface area contributed by atoms with Crippen LogP contribution >= 0.6 is 34.7 Å². The highest BCUT2D eigenvalue weighted by molar-refractivity contribution is 7.99. The van der Waals surface area contributed by atoms with Gasteiger partial charge in [0.15, 0.2) is 16.7 Å². The predicted octanol–water partition coefficient (Wildman–Crippen LogP) is 3.36. The van der Waals surface area contributed by atoms with Crippen molar-refractivity contribution >= 4 is 63.7 Å². The molecule has 5 N–H and O–H groups in total. The summed E-state index contributed by atoms with van der Waals surface area (Å²) in [5.74, 6) is -0.886. The first-order valence-electron chi connectivity index (χ1n) is 8.27. The second kappa shape index (κ2) is 9.12. The first kappa shape index (κ1) is 20.9. The zero-order valence-corrected chi connectivity index (χ0v) is 17.5. The molecule has 150 valence electrons. The number of anilines is 3. The molecule has 0 aliphatic heterocycles. The molecule has 0 saturated heterocycles. The quantitative estimate of drug-likeness (QED) is 0.337. The fraction of sp³-hybridized carbons (Fsp3) is 0.111. The molecule has 0 fully saturated rings. The highest BCUT2D eigenvalue weighted by Gasteiger charge is 2.15. The summed E-state index contributed by atoms with van der Waals surface area (Å²) >= 11 is 8.28. The van der Waals surface area contributed by atoms with E-state index in [1.165, 1.54) is 11.3 Å². The van der Waals surface area contributed by atoms with Crippen molar-refractivity contribution in [3.05, 3.63) is 61.5 Å². The number of carbonyl (C=O) groups is 2. The van der Waals surface area contributed by atoms with Gasteiger partial charge in [-0.15, -0.1) is 11.3 Å². The van der Waals surface area contributed by atoms with Crippen LogP contribution in [-0.4, -0.2) is 27.5 Å². The van der Waals surface area contributed by atoms with Crippen molar-refractivity contribution in [3.8, 4) is 0 Å². The summed E-state index contributed by atoms with van der Waals surface area (Å²) in [6, 6.07) is 8.55. The third-order valence-corrected chi connectivity index (χ3v) is 5.85. The zero-order valence-electron chi connectivity index (χ0n) is 15.1. The van der Waals surface area contributed by atoms with Crippen LogP contribution in [0.15, 0.2) is 45.7 Å². The summed E-state index contributed by atoms with van der Waals surface area (Å²) in [6.45, 7) is 1.86. The maximum absolute atomic E-state index is 12.3. The summed E-state index contributed by atoms with van der Waals surface area (Å²) in [5.41, 5.74) is 6.55. The highest BCUT2D eigenvalue weighted by Crippen LogP contribution is 2.21. The number of aryl methyl sites for hydroxylation is 1. The van der Waals surface area contributed by atoms with Gasteiger partial charge < -0.3 is 16.4 Å². The van der Waals surface area contributed by atoms with E-state index in [2.05, 4.69) is 20.6 Å². The second-order valence-electron chi connectivity index (χ2n) is 5.86. The van der Waals surface area contributed by atoms with Gasteiger partial charge in [0, 0.05) is 10.7 Å². The third kappa shape index (κ3) is 5.37. The minimum Gasteiger partial charge on any atom is -0.382 e. The Bertz CT molecular complexity index is 1120. The summed E-state index contributed by atoms with van der Waals surface area (Å²) in [5, 5.41) is 7.63. The van der Waals surface area contributed by atoms with Crippen molar-refractivity contribution < 1.29 is 9.59 Å². The summed E-state index contributed by atoms with van der Waals surface area (Å²) in [6.07, 6.45) is 0. The van der Waals surface area contributed by atoms with Crippen LogP contribution in [0, 0.1) is 6.92 Å². The van der Waals surface area contributed by atoms with Crippen LogP contribution in [0.4, 0.5) is 17.2 Å². The normalized spacial score (nSPS) is 10.6. The van der Waals surface area contributed by atoms with Crippen LogP contribution in [0.5, 0.6) is 0 Å². The first-order valence-corrected chi connectivity index (χ1v) is 10.5. The van der Waals surface area contributed by atoms with Gasteiger partial charge in [-0.25, -0.2) is 4.98 Å². The number of aromatic nitrogens is 2. The number of hydrogen-bond donors (Lipinski definition) is 4. The third-order valence-electron chi connectivity index (χ3n) is 3.70. The monoisotopic (exact) mass is 449 g/mol. The minimum absolute atomic E-state index is 0.00518. The van der Waals surface area contributed by atoms with Crippen molar-refractivity contribution in [3.63, 3.8) is 0 Å². The summed E-state index contributed by atoms with van der Waals surface area (Å²) < 4.78 is 0. The molecule has 3 aromatic rings. The number of thiophene rings is 1. The molecule has 29 heavy (non-hydrogen) atoms. The Labute approximate surface area is 178 Å². The number of nitrogen functional groups attached to an aromatic ring is 1. The second-order valence-corrected chi connectivity index (χ2v) is 8.18. The van der Waals surface area contributed by atoms with Crippen molar-refractivity contribution in [2.24, 2.45) is 0 Å². The number of amides is 2. The van der Waals surface area contributed by atoms with Gasteiger partial charge in [0.05, 0.1) is 10.6 Å². The van der Waals surface area contributed by atoms with Crippen LogP contribution in [0.25, 0.3) is 0 Å². The lowest BCUT2D eigenvalue weighted by atomic mass is 10.2. The molecule has 0 bridgehead atoms. The highest BCUT2D eigenvalue weighted by atomic mass is 35.5. The number of H-pyrrole nitrogens is 1. The SMILES string of the molecule is Cc1ccc(NC(=O)CSc2nc(N)c(NC(=O)c3cccs3)c(=O)[nH]2)cc1Cl. The van der Waals surface area contributed by atoms with Gasteiger partial charge in [0.2, 0.25) is 5.91 Å². The number of carbonyl (C=O) groups excluding carboxylic acids is 2. The van der Waals surface area contributed by atoms with E-state index in [1.807, 2.05) is 6.92 Å². The molecule has 0 aliphatic rings. The van der Waals surface area contributed by atoms with Gasteiger partial charge in [-0.3, -0.25) is 19.4 Å². The van der Waals surface area contributed by atoms with E-state index >= 15 is 0 Å². The van der Waals surface area contributed by atoms with E-state index in [1.54, 1.807) is 35.7 Å². The number of nitrogens with two attached hydrogens (primary N) is 1. The first-order chi connectivity index (χ1) is 13.8. The van der Waals surface area contributed by atoms with E-state index in [0.29, 0.717) is 15.6 Å². The molecule has 11 heteroatoms. The number of thioether (sulfide) groups is 1. The Morgan fingerprint density at radius 2 is 2.10 bits per heavy atom. The minimum atomic E-state index is -0.601. The van der Waals surface area contributed by atoms with Gasteiger partial charge in [-0.05, 0) is 36.1 Å². The van der Waals surface area contributed by atoms with Crippen LogP contribution in [0.2, 0.25) is 5.02 Å². The Morgan fingerprint density at radius 3 is 2.76 bits per heavy atom. The average molecular weight is 450 g/mol. The van der Waals surface area contributed by atoms with Crippen molar-refractivity contribution in [1.29, 1.82) is 0 Å². The Morgan fingerprint density at radius 1 is 1.31 bits per heavy atom. The van der Waals surface area contributed by atoms with Crippen LogP contribution in [0.1, 0.15) is 15.2 Å². The molecule has 0 spiro atoms. The summed E-state index contributed by atoms with van der Waals surface area (Å²) in [4.78, 5) is 43.5. The topological polar surface area (TPSA) is 130 Å². The molecular formula is C18H16ClN5O3S2. The molecule has 2 aromatic heterocycles. The molecule has 0 radical (unpaired) electrons. The van der Waals surface area contributed by atoms with E-state index in [0.717, 1.165) is 17.3 Å². The van der Waals surface area contributed by atoms with Crippen LogP contribution in [-0.2, 0) is 4.79 Å². The van der Waals surface area contributed by atoms with Crippen LogP contribution in [0.3, 0.4) is 0 Å². The molecule has 2 heterocycles. The maximum Gasteiger partial charge on any atom is 0.277 e. The molecular weight excluding hydrogens is 434 g/mol. The van der Waals surface area contributed by atoms with Gasteiger partial charge in [0.25, 0.3) is 11.5 Å². The van der Waals surface area contributed by atoms with E-state index in [4.69, 9.17) is 17.3 Å². The zero-order chi connectivity index (χ0) is 21.0. The number of rotatable bonds is 6. The fourth-order valence-electron chi connectivity index (χ4n) is 2.24. The predicted molar refractivity (Wildman–Crippen MR) is 117 cm³/mol. The maximum atomic E-state index is 12.3. The molecule has 8 nitrogen and oxygen atoms in total. The van der Waals surface area contributed by atoms with Gasteiger partial charge in [-0.1, -0.05) is 35.5 Å². The molecule has 0 atom stereocenters. The van der Waals surface area contributed by atoms with E-state index in [9.17, 15) is 14.4 Å². The molecule has 0 aliphatic carbocycles. The number of nitrogens with zero attached hydrogens (tertiary/aromatic N) is 1. The number of hydrogen-bond acceptors (Lipinski definition) is 7. The fourth-order valence-corrected chi connectivity index (χ4v) is 3.71. The van der Waals surface area contributed by atoms with Crippen LogP contribution < -0.4 is 21.9 Å². The van der Waals surface area contributed by atoms with Gasteiger partial charge in [0.1, 0.15) is 0 Å². The smallest absolute Gasteiger partial charge is 0.277 e. The molecule has 3 rings (SSSR count). The lowest BCUT2D eigenvalue weighted by molar-refractivity contribution is -0.113. The largest absolute Gasteiger partial charge is 0.382 e. The Hall–Kier alpha value is -2.82. The number of halogens is 1. The van der Waals surface area contributed by atoms with E-state index < -0.39 is 11.5 Å². The van der Waals surface area contributed by atoms with Crippen molar-refractivity contribution in [2.45, 2.75) is 12.1 Å². The number of benzene rings is 1. The lowest BCUT2D eigenvalue weighted by Crippen LogP contribution is -2.23.